The van der Waals surface area contributed by atoms with E-state index in [2.05, 4.69) is 22.1 Å². The molecule has 1 amide bonds. The Bertz CT molecular complexity index is 647. The maximum absolute atomic E-state index is 12.4. The molecule has 0 spiro atoms. The van der Waals surface area contributed by atoms with Gasteiger partial charge in [-0.25, -0.2) is 0 Å². The highest BCUT2D eigenvalue weighted by atomic mass is 35.5. The van der Waals surface area contributed by atoms with Crippen molar-refractivity contribution in [2.75, 3.05) is 33.4 Å². The standard InChI is InChI=1S/C17H22N2O2S.ClH/c1-21-12-17(5-7-18-8-6-17)11-19-16(20)14-2-3-15-13(10-14)4-9-22-15;/h2-4,9-10,18H,5-8,11-12H2,1H3,(H,19,20);1H. The molecule has 1 saturated heterocycles. The van der Waals surface area contributed by atoms with Crippen LogP contribution in [0.4, 0.5) is 0 Å². The number of amides is 1. The van der Waals surface area contributed by atoms with E-state index in [0.717, 1.165) is 36.9 Å². The Morgan fingerprint density at radius 1 is 1.35 bits per heavy atom. The molecular weight excluding hydrogens is 332 g/mol. The molecule has 4 nitrogen and oxygen atoms in total. The summed E-state index contributed by atoms with van der Waals surface area (Å²) in [5.74, 6) is 0.00195. The van der Waals surface area contributed by atoms with E-state index < -0.39 is 0 Å². The molecule has 2 aromatic rings. The van der Waals surface area contributed by atoms with Gasteiger partial charge in [-0.3, -0.25) is 4.79 Å². The fourth-order valence-corrected chi connectivity index (χ4v) is 3.88. The normalized spacial score (nSPS) is 16.7. The second kappa shape index (κ2) is 8.11. The minimum absolute atomic E-state index is 0. The summed E-state index contributed by atoms with van der Waals surface area (Å²) < 4.78 is 6.61. The minimum Gasteiger partial charge on any atom is -0.384 e. The van der Waals surface area contributed by atoms with Crippen LogP contribution in [0.1, 0.15) is 23.2 Å². The van der Waals surface area contributed by atoms with Gasteiger partial charge in [0.05, 0.1) is 6.61 Å². The summed E-state index contributed by atoms with van der Waals surface area (Å²) in [5, 5.41) is 9.66. The predicted molar refractivity (Wildman–Crippen MR) is 97.8 cm³/mol. The van der Waals surface area contributed by atoms with Crippen molar-refractivity contribution in [3.05, 3.63) is 35.2 Å². The number of methoxy groups -OCH3 is 1. The third kappa shape index (κ3) is 4.23. The number of carbonyl (C=O) groups is 1. The smallest absolute Gasteiger partial charge is 0.251 e. The molecule has 1 aliphatic heterocycles. The molecule has 1 fully saturated rings. The fraction of sp³-hybridized carbons (Fsp3) is 0.471. The van der Waals surface area contributed by atoms with Gasteiger partial charge in [-0.15, -0.1) is 23.7 Å². The van der Waals surface area contributed by atoms with E-state index in [1.807, 2.05) is 18.2 Å². The average molecular weight is 355 g/mol. The zero-order chi connectivity index (χ0) is 15.4. The lowest BCUT2D eigenvalue weighted by Crippen LogP contribution is -2.47. The van der Waals surface area contributed by atoms with Gasteiger partial charge in [0.1, 0.15) is 0 Å². The monoisotopic (exact) mass is 354 g/mol. The molecule has 126 valence electrons. The number of ether oxygens (including phenoxy) is 1. The van der Waals surface area contributed by atoms with E-state index in [0.29, 0.717) is 13.2 Å². The summed E-state index contributed by atoms with van der Waals surface area (Å²) in [4.78, 5) is 12.4. The van der Waals surface area contributed by atoms with Crippen molar-refractivity contribution in [1.82, 2.24) is 10.6 Å². The zero-order valence-electron chi connectivity index (χ0n) is 13.3. The molecule has 23 heavy (non-hydrogen) atoms. The van der Waals surface area contributed by atoms with Crippen LogP contribution < -0.4 is 10.6 Å². The summed E-state index contributed by atoms with van der Waals surface area (Å²) in [5.41, 5.74) is 0.787. The number of thiophene rings is 1. The Kier molecular flexibility index (Phi) is 6.41. The maximum atomic E-state index is 12.4. The highest BCUT2D eigenvalue weighted by Gasteiger charge is 2.32. The topological polar surface area (TPSA) is 50.4 Å². The third-order valence-electron chi connectivity index (χ3n) is 4.45. The summed E-state index contributed by atoms with van der Waals surface area (Å²) >= 11 is 1.69. The van der Waals surface area contributed by atoms with Crippen LogP contribution in [-0.4, -0.2) is 39.3 Å². The summed E-state index contributed by atoms with van der Waals surface area (Å²) in [6.07, 6.45) is 2.06. The van der Waals surface area contributed by atoms with Gasteiger partial charge in [-0.1, -0.05) is 0 Å². The van der Waals surface area contributed by atoms with Gasteiger partial charge < -0.3 is 15.4 Å². The second-order valence-electron chi connectivity index (χ2n) is 6.04. The molecule has 1 aromatic heterocycles. The fourth-order valence-electron chi connectivity index (χ4n) is 3.11. The number of benzene rings is 1. The van der Waals surface area contributed by atoms with Gasteiger partial charge in [0.15, 0.2) is 0 Å². The van der Waals surface area contributed by atoms with Crippen molar-refractivity contribution in [2.45, 2.75) is 12.8 Å². The molecule has 0 bridgehead atoms. The molecule has 2 heterocycles. The summed E-state index contributed by atoms with van der Waals surface area (Å²) in [7, 11) is 1.73. The number of carbonyl (C=O) groups excluding carboxylic acids is 1. The molecule has 0 unspecified atom stereocenters. The molecule has 1 aromatic carbocycles. The predicted octanol–water partition coefficient (Wildman–Crippen LogP) is 3.07. The van der Waals surface area contributed by atoms with Crippen molar-refractivity contribution >= 4 is 39.7 Å². The van der Waals surface area contributed by atoms with Gasteiger partial charge >= 0.3 is 0 Å². The molecule has 0 radical (unpaired) electrons. The lowest BCUT2D eigenvalue weighted by atomic mass is 9.79. The lowest BCUT2D eigenvalue weighted by Gasteiger charge is -2.37. The number of hydrogen-bond donors (Lipinski definition) is 2. The van der Waals surface area contributed by atoms with Gasteiger partial charge in [0, 0.05) is 29.3 Å². The first-order valence-electron chi connectivity index (χ1n) is 7.68. The van der Waals surface area contributed by atoms with Gasteiger partial charge in [-0.05, 0) is 61.0 Å². The van der Waals surface area contributed by atoms with E-state index >= 15 is 0 Å². The Balaban J connectivity index is 0.00000192. The number of halogens is 1. The van der Waals surface area contributed by atoms with E-state index in [1.54, 1.807) is 18.4 Å². The molecule has 6 heteroatoms. The van der Waals surface area contributed by atoms with E-state index in [9.17, 15) is 4.79 Å². The van der Waals surface area contributed by atoms with Crippen LogP contribution in [-0.2, 0) is 4.74 Å². The highest BCUT2D eigenvalue weighted by molar-refractivity contribution is 7.17. The number of piperidine rings is 1. The Morgan fingerprint density at radius 2 is 2.13 bits per heavy atom. The van der Waals surface area contributed by atoms with Crippen molar-refractivity contribution in [3.63, 3.8) is 0 Å². The van der Waals surface area contributed by atoms with Gasteiger partial charge in [-0.2, -0.15) is 0 Å². The summed E-state index contributed by atoms with van der Waals surface area (Å²) in [6.45, 7) is 3.34. The minimum atomic E-state index is 0. The molecule has 1 aliphatic rings. The van der Waals surface area contributed by atoms with Crippen LogP contribution >= 0.6 is 23.7 Å². The molecule has 0 aliphatic carbocycles. The largest absolute Gasteiger partial charge is 0.384 e. The Labute approximate surface area is 147 Å². The van der Waals surface area contributed by atoms with E-state index in [4.69, 9.17) is 4.74 Å². The van der Waals surface area contributed by atoms with Crippen LogP contribution in [0.2, 0.25) is 0 Å². The zero-order valence-corrected chi connectivity index (χ0v) is 14.9. The highest BCUT2D eigenvalue weighted by Crippen LogP contribution is 2.28. The van der Waals surface area contributed by atoms with Crippen LogP contribution in [0.15, 0.2) is 29.6 Å². The van der Waals surface area contributed by atoms with E-state index in [-0.39, 0.29) is 23.7 Å². The van der Waals surface area contributed by atoms with E-state index in [1.165, 1.54) is 4.70 Å². The van der Waals surface area contributed by atoms with Crippen LogP contribution in [0.3, 0.4) is 0 Å². The van der Waals surface area contributed by atoms with Crippen LogP contribution in [0.5, 0.6) is 0 Å². The van der Waals surface area contributed by atoms with Gasteiger partial charge in [0.25, 0.3) is 5.91 Å². The summed E-state index contributed by atoms with van der Waals surface area (Å²) in [6, 6.07) is 7.94. The van der Waals surface area contributed by atoms with Crippen molar-refractivity contribution in [2.24, 2.45) is 5.41 Å². The van der Waals surface area contributed by atoms with Crippen LogP contribution in [0, 0.1) is 5.41 Å². The molecule has 3 rings (SSSR count). The molecule has 0 saturated carbocycles. The van der Waals surface area contributed by atoms with Gasteiger partial charge in [0.2, 0.25) is 0 Å². The molecule has 2 N–H and O–H groups in total. The second-order valence-corrected chi connectivity index (χ2v) is 6.99. The Hall–Kier alpha value is -1.14. The lowest BCUT2D eigenvalue weighted by molar-refractivity contribution is 0.0512. The molecule has 0 atom stereocenters. The SMILES string of the molecule is COCC1(CNC(=O)c2ccc3sccc3c2)CCNCC1.Cl. The number of rotatable bonds is 5. The van der Waals surface area contributed by atoms with Crippen molar-refractivity contribution in [3.8, 4) is 0 Å². The number of hydrogen-bond acceptors (Lipinski definition) is 4. The average Bonchev–Trinajstić information content (AvgIpc) is 3.01. The van der Waals surface area contributed by atoms with Crippen molar-refractivity contribution < 1.29 is 9.53 Å². The quantitative estimate of drug-likeness (QED) is 0.867. The first kappa shape index (κ1) is 18.2. The third-order valence-corrected chi connectivity index (χ3v) is 5.35. The first-order valence-corrected chi connectivity index (χ1v) is 8.56. The van der Waals surface area contributed by atoms with Crippen molar-refractivity contribution in [1.29, 1.82) is 0 Å². The number of nitrogens with one attached hydrogen (secondary N) is 2. The number of fused-ring (bicyclic) bond motifs is 1. The van der Waals surface area contributed by atoms with Crippen LogP contribution in [0.25, 0.3) is 10.1 Å². The Morgan fingerprint density at radius 3 is 2.87 bits per heavy atom. The maximum Gasteiger partial charge on any atom is 0.251 e. The first-order chi connectivity index (χ1) is 10.7. The molecular formula is C17H23ClN2O2S.